The number of carbonyl (C=O) groups is 1. The molecular formula is C20H18N2O2. The van der Waals surface area contributed by atoms with Gasteiger partial charge in [-0.2, -0.15) is 0 Å². The number of pyridine rings is 1. The zero-order valence-corrected chi connectivity index (χ0v) is 13.4. The van der Waals surface area contributed by atoms with Crippen LogP contribution in [0.4, 0.5) is 0 Å². The standard InChI is InChI=1S/C20H18N2O2/c1-14-6-5-7-15(12-14)13-22-20(24)18-17(10-11-21-19(18)23)16-8-3-2-4-9-16/h2-12H,13H2,1H3,(H,21,23)(H,22,24). The van der Waals surface area contributed by atoms with Crippen LogP contribution in [0.5, 0.6) is 0 Å². The third-order valence-corrected chi connectivity index (χ3v) is 3.81. The number of H-pyrrole nitrogens is 1. The number of hydrogen-bond acceptors (Lipinski definition) is 2. The quantitative estimate of drug-likeness (QED) is 0.775. The molecular weight excluding hydrogens is 300 g/mol. The zero-order valence-electron chi connectivity index (χ0n) is 13.4. The summed E-state index contributed by atoms with van der Waals surface area (Å²) in [5.74, 6) is -0.378. The Kier molecular flexibility index (Phi) is 4.57. The van der Waals surface area contributed by atoms with E-state index in [1.165, 1.54) is 0 Å². The number of rotatable bonds is 4. The molecule has 0 spiro atoms. The number of aromatic amines is 1. The molecule has 2 N–H and O–H groups in total. The molecule has 0 atom stereocenters. The van der Waals surface area contributed by atoms with Gasteiger partial charge in [-0.25, -0.2) is 0 Å². The van der Waals surface area contributed by atoms with Crippen molar-refractivity contribution < 1.29 is 4.79 Å². The van der Waals surface area contributed by atoms with Crippen molar-refractivity contribution in [3.63, 3.8) is 0 Å². The molecule has 1 heterocycles. The minimum atomic E-state index is -0.391. The van der Waals surface area contributed by atoms with Gasteiger partial charge in [0.05, 0.1) is 0 Å². The Hall–Kier alpha value is -3.14. The number of aryl methyl sites for hydroxylation is 1. The molecule has 0 radical (unpaired) electrons. The monoisotopic (exact) mass is 318 g/mol. The SMILES string of the molecule is Cc1cccc(CNC(=O)c2c(-c3ccccc3)cc[nH]c2=O)c1. The Morgan fingerprint density at radius 1 is 1.04 bits per heavy atom. The first-order valence-corrected chi connectivity index (χ1v) is 7.76. The van der Waals surface area contributed by atoms with Crippen LogP contribution in [-0.2, 0) is 6.54 Å². The maximum atomic E-state index is 12.6. The van der Waals surface area contributed by atoms with Gasteiger partial charge in [-0.1, -0.05) is 60.2 Å². The second-order valence-corrected chi connectivity index (χ2v) is 5.63. The lowest BCUT2D eigenvalue weighted by molar-refractivity contribution is 0.0950. The van der Waals surface area contributed by atoms with E-state index < -0.39 is 5.56 Å². The van der Waals surface area contributed by atoms with Crippen LogP contribution in [0, 0.1) is 6.92 Å². The smallest absolute Gasteiger partial charge is 0.261 e. The van der Waals surface area contributed by atoms with Gasteiger partial charge in [0.2, 0.25) is 0 Å². The first kappa shape index (κ1) is 15.7. The molecule has 3 aromatic rings. The minimum Gasteiger partial charge on any atom is -0.348 e. The lowest BCUT2D eigenvalue weighted by Gasteiger charge is -2.10. The lowest BCUT2D eigenvalue weighted by atomic mass is 10.0. The summed E-state index contributed by atoms with van der Waals surface area (Å²) in [6, 6.07) is 19.1. The van der Waals surface area contributed by atoms with E-state index in [0.29, 0.717) is 12.1 Å². The average Bonchev–Trinajstić information content (AvgIpc) is 2.60. The van der Waals surface area contributed by atoms with E-state index in [2.05, 4.69) is 10.3 Å². The van der Waals surface area contributed by atoms with Gasteiger partial charge in [-0.05, 0) is 24.1 Å². The second kappa shape index (κ2) is 6.96. The summed E-state index contributed by atoms with van der Waals surface area (Å²) in [7, 11) is 0. The highest BCUT2D eigenvalue weighted by Gasteiger charge is 2.16. The van der Waals surface area contributed by atoms with Gasteiger partial charge < -0.3 is 10.3 Å². The summed E-state index contributed by atoms with van der Waals surface area (Å²) in [6.45, 7) is 2.38. The van der Waals surface area contributed by atoms with Crippen LogP contribution >= 0.6 is 0 Å². The molecule has 0 saturated heterocycles. The molecule has 120 valence electrons. The molecule has 0 aliphatic carbocycles. The largest absolute Gasteiger partial charge is 0.348 e. The molecule has 4 nitrogen and oxygen atoms in total. The van der Waals surface area contributed by atoms with E-state index in [0.717, 1.165) is 16.7 Å². The van der Waals surface area contributed by atoms with Gasteiger partial charge in [0.15, 0.2) is 0 Å². The normalized spacial score (nSPS) is 10.4. The number of benzene rings is 2. The molecule has 24 heavy (non-hydrogen) atoms. The van der Waals surface area contributed by atoms with Gasteiger partial charge in [-0.3, -0.25) is 9.59 Å². The highest BCUT2D eigenvalue weighted by atomic mass is 16.2. The van der Waals surface area contributed by atoms with E-state index in [4.69, 9.17) is 0 Å². The van der Waals surface area contributed by atoms with Crippen LogP contribution in [-0.4, -0.2) is 10.9 Å². The van der Waals surface area contributed by atoms with Gasteiger partial charge in [0.25, 0.3) is 11.5 Å². The van der Waals surface area contributed by atoms with Crippen molar-refractivity contribution in [1.29, 1.82) is 0 Å². The second-order valence-electron chi connectivity index (χ2n) is 5.63. The number of nitrogens with one attached hydrogen (secondary N) is 2. The predicted molar refractivity (Wildman–Crippen MR) is 94.8 cm³/mol. The summed E-state index contributed by atoms with van der Waals surface area (Å²) >= 11 is 0. The number of hydrogen-bond donors (Lipinski definition) is 2. The summed E-state index contributed by atoms with van der Waals surface area (Å²) in [4.78, 5) is 27.4. The van der Waals surface area contributed by atoms with Gasteiger partial charge in [0.1, 0.15) is 5.56 Å². The van der Waals surface area contributed by atoms with E-state index in [-0.39, 0.29) is 11.5 Å². The van der Waals surface area contributed by atoms with E-state index >= 15 is 0 Å². The molecule has 0 fully saturated rings. The van der Waals surface area contributed by atoms with E-state index in [9.17, 15) is 9.59 Å². The van der Waals surface area contributed by atoms with Crippen molar-refractivity contribution in [2.24, 2.45) is 0 Å². The number of aromatic nitrogens is 1. The van der Waals surface area contributed by atoms with Crippen molar-refractivity contribution in [2.75, 3.05) is 0 Å². The molecule has 0 aliphatic rings. The van der Waals surface area contributed by atoms with Crippen LogP contribution in [0.3, 0.4) is 0 Å². The molecule has 0 unspecified atom stereocenters. The lowest BCUT2D eigenvalue weighted by Crippen LogP contribution is -2.30. The van der Waals surface area contributed by atoms with Crippen molar-refractivity contribution in [3.8, 4) is 11.1 Å². The van der Waals surface area contributed by atoms with Gasteiger partial charge in [-0.15, -0.1) is 0 Å². The van der Waals surface area contributed by atoms with Crippen molar-refractivity contribution in [3.05, 3.63) is 93.9 Å². The maximum absolute atomic E-state index is 12.6. The highest BCUT2D eigenvalue weighted by Crippen LogP contribution is 2.20. The van der Waals surface area contributed by atoms with Gasteiger partial charge in [0, 0.05) is 18.3 Å². The molecule has 0 saturated carbocycles. The predicted octanol–water partition coefficient (Wildman–Crippen LogP) is 3.28. The molecule has 2 aromatic carbocycles. The molecule has 1 amide bonds. The van der Waals surface area contributed by atoms with Crippen LogP contribution in [0.15, 0.2) is 71.7 Å². The summed E-state index contributed by atoms with van der Waals surface area (Å²) in [6.07, 6.45) is 1.56. The fourth-order valence-electron chi connectivity index (χ4n) is 2.66. The van der Waals surface area contributed by atoms with Crippen LogP contribution in [0.2, 0.25) is 0 Å². The Bertz CT molecular complexity index is 914. The van der Waals surface area contributed by atoms with Crippen LogP contribution < -0.4 is 10.9 Å². The Morgan fingerprint density at radius 2 is 1.83 bits per heavy atom. The minimum absolute atomic E-state index is 0.136. The Balaban J connectivity index is 1.89. The third-order valence-electron chi connectivity index (χ3n) is 3.81. The van der Waals surface area contributed by atoms with Crippen molar-refractivity contribution in [2.45, 2.75) is 13.5 Å². The van der Waals surface area contributed by atoms with Crippen LogP contribution in [0.25, 0.3) is 11.1 Å². The molecule has 3 rings (SSSR count). The molecule has 1 aromatic heterocycles. The summed E-state index contributed by atoms with van der Waals surface area (Å²) in [5.41, 5.74) is 3.33. The van der Waals surface area contributed by atoms with E-state index in [1.54, 1.807) is 12.3 Å². The van der Waals surface area contributed by atoms with Gasteiger partial charge >= 0.3 is 0 Å². The number of carbonyl (C=O) groups excluding carboxylic acids is 1. The first-order valence-electron chi connectivity index (χ1n) is 7.76. The Morgan fingerprint density at radius 3 is 2.58 bits per heavy atom. The average molecular weight is 318 g/mol. The van der Waals surface area contributed by atoms with Crippen molar-refractivity contribution >= 4 is 5.91 Å². The zero-order chi connectivity index (χ0) is 16.9. The number of amides is 1. The summed E-state index contributed by atoms with van der Waals surface area (Å²) < 4.78 is 0. The molecule has 4 heteroatoms. The first-order chi connectivity index (χ1) is 11.6. The fraction of sp³-hybridized carbons (Fsp3) is 0.100. The molecule has 0 aliphatic heterocycles. The highest BCUT2D eigenvalue weighted by molar-refractivity contribution is 6.00. The fourth-order valence-corrected chi connectivity index (χ4v) is 2.66. The topological polar surface area (TPSA) is 62.0 Å². The third kappa shape index (κ3) is 3.43. The molecule has 0 bridgehead atoms. The van der Waals surface area contributed by atoms with E-state index in [1.807, 2.05) is 61.5 Å². The van der Waals surface area contributed by atoms with Crippen LogP contribution in [0.1, 0.15) is 21.5 Å². The maximum Gasteiger partial charge on any atom is 0.261 e. The summed E-state index contributed by atoms with van der Waals surface area (Å²) in [5, 5.41) is 2.83. The van der Waals surface area contributed by atoms with Crippen molar-refractivity contribution in [1.82, 2.24) is 10.3 Å². The Labute approximate surface area is 140 Å².